The van der Waals surface area contributed by atoms with Crippen molar-refractivity contribution in [2.75, 3.05) is 12.8 Å². The molecule has 2 aromatic carbocycles. The Balaban J connectivity index is 2.49. The zero-order chi connectivity index (χ0) is 12.4. The van der Waals surface area contributed by atoms with Crippen LogP contribution in [0.15, 0.2) is 36.4 Å². The molecule has 2 heteroatoms. The van der Waals surface area contributed by atoms with Crippen LogP contribution in [0, 0.1) is 13.8 Å². The van der Waals surface area contributed by atoms with Crippen molar-refractivity contribution in [1.82, 2.24) is 0 Å². The average Bonchev–Trinajstić information content (AvgIpc) is 2.32. The van der Waals surface area contributed by atoms with Gasteiger partial charge in [-0.2, -0.15) is 0 Å². The van der Waals surface area contributed by atoms with E-state index < -0.39 is 0 Å². The molecule has 2 N–H and O–H groups in total. The number of nitrogens with two attached hydrogens (primary N) is 1. The highest BCUT2D eigenvalue weighted by Crippen LogP contribution is 2.28. The van der Waals surface area contributed by atoms with Crippen LogP contribution in [-0.2, 0) is 0 Å². The minimum Gasteiger partial charge on any atom is -0.497 e. The first-order valence-electron chi connectivity index (χ1n) is 5.63. The monoisotopic (exact) mass is 227 g/mol. The lowest BCUT2D eigenvalue weighted by molar-refractivity contribution is 0.414. The van der Waals surface area contributed by atoms with E-state index in [9.17, 15) is 0 Å². The molecule has 88 valence electrons. The van der Waals surface area contributed by atoms with E-state index in [0.717, 1.165) is 22.6 Å². The maximum absolute atomic E-state index is 5.94. The molecule has 0 heterocycles. The first-order valence-corrected chi connectivity index (χ1v) is 5.63. The molecule has 0 spiro atoms. The third-order valence-corrected chi connectivity index (χ3v) is 3.02. The molecule has 0 unspecified atom stereocenters. The Hall–Kier alpha value is -1.96. The molecule has 2 aromatic rings. The van der Waals surface area contributed by atoms with Gasteiger partial charge in [0.25, 0.3) is 0 Å². The van der Waals surface area contributed by atoms with Crippen molar-refractivity contribution in [1.29, 1.82) is 0 Å². The van der Waals surface area contributed by atoms with Crippen molar-refractivity contribution in [3.63, 3.8) is 0 Å². The zero-order valence-electron chi connectivity index (χ0n) is 10.4. The number of rotatable bonds is 2. The van der Waals surface area contributed by atoms with Gasteiger partial charge in [-0.15, -0.1) is 0 Å². The van der Waals surface area contributed by atoms with Crippen LogP contribution in [0.1, 0.15) is 11.1 Å². The summed E-state index contributed by atoms with van der Waals surface area (Å²) in [6, 6.07) is 12.2. The highest BCUT2D eigenvalue weighted by atomic mass is 16.5. The largest absolute Gasteiger partial charge is 0.497 e. The maximum atomic E-state index is 5.94. The quantitative estimate of drug-likeness (QED) is 0.796. The van der Waals surface area contributed by atoms with E-state index in [-0.39, 0.29) is 0 Å². The van der Waals surface area contributed by atoms with Crippen LogP contribution in [-0.4, -0.2) is 7.11 Å². The summed E-state index contributed by atoms with van der Waals surface area (Å²) in [6.07, 6.45) is 0. The second-order valence-electron chi connectivity index (χ2n) is 4.25. The van der Waals surface area contributed by atoms with Crippen LogP contribution in [0.4, 0.5) is 5.69 Å². The molecule has 0 amide bonds. The minimum atomic E-state index is 0.831. The lowest BCUT2D eigenvalue weighted by Crippen LogP contribution is -1.91. The van der Waals surface area contributed by atoms with Gasteiger partial charge in [-0.1, -0.05) is 18.2 Å². The number of anilines is 1. The fourth-order valence-corrected chi connectivity index (χ4v) is 1.90. The Morgan fingerprint density at radius 2 is 1.71 bits per heavy atom. The Labute approximate surface area is 102 Å². The molecule has 0 aromatic heterocycles. The molecule has 0 saturated heterocycles. The topological polar surface area (TPSA) is 35.2 Å². The Bertz CT molecular complexity index is 547. The maximum Gasteiger partial charge on any atom is 0.119 e. The molecule has 0 aliphatic rings. The first-order chi connectivity index (χ1) is 8.11. The van der Waals surface area contributed by atoms with Gasteiger partial charge in [0, 0.05) is 5.69 Å². The van der Waals surface area contributed by atoms with Crippen molar-refractivity contribution >= 4 is 5.69 Å². The van der Waals surface area contributed by atoms with E-state index in [4.69, 9.17) is 10.5 Å². The molecular formula is C15H17NO. The molecule has 0 aliphatic carbocycles. The number of nitrogen functional groups attached to an aromatic ring is 1. The van der Waals surface area contributed by atoms with Crippen molar-refractivity contribution in [3.05, 3.63) is 47.5 Å². The van der Waals surface area contributed by atoms with E-state index in [2.05, 4.69) is 19.1 Å². The van der Waals surface area contributed by atoms with E-state index in [1.54, 1.807) is 7.11 Å². The third kappa shape index (κ3) is 2.26. The molecule has 0 saturated carbocycles. The highest BCUT2D eigenvalue weighted by Gasteiger charge is 2.04. The van der Waals surface area contributed by atoms with Gasteiger partial charge < -0.3 is 10.5 Å². The van der Waals surface area contributed by atoms with Crippen LogP contribution in [0.25, 0.3) is 11.1 Å². The van der Waals surface area contributed by atoms with Crippen LogP contribution in [0.5, 0.6) is 5.75 Å². The molecule has 0 atom stereocenters. The van der Waals surface area contributed by atoms with Crippen molar-refractivity contribution in [3.8, 4) is 16.9 Å². The molecule has 0 bridgehead atoms. The normalized spacial score (nSPS) is 10.3. The van der Waals surface area contributed by atoms with Crippen molar-refractivity contribution in [2.24, 2.45) is 0 Å². The number of hydrogen-bond donors (Lipinski definition) is 1. The second kappa shape index (κ2) is 4.50. The predicted octanol–water partition coefficient (Wildman–Crippen LogP) is 3.56. The summed E-state index contributed by atoms with van der Waals surface area (Å²) in [5.74, 6) is 0.881. The van der Waals surface area contributed by atoms with E-state index in [0.29, 0.717) is 0 Å². The molecular weight excluding hydrogens is 210 g/mol. The lowest BCUT2D eigenvalue weighted by Gasteiger charge is -2.10. The van der Waals surface area contributed by atoms with E-state index >= 15 is 0 Å². The van der Waals surface area contributed by atoms with Crippen LogP contribution in [0.2, 0.25) is 0 Å². The number of benzene rings is 2. The van der Waals surface area contributed by atoms with Gasteiger partial charge in [0.15, 0.2) is 0 Å². The first kappa shape index (κ1) is 11.5. The Morgan fingerprint density at radius 3 is 2.29 bits per heavy atom. The van der Waals surface area contributed by atoms with Gasteiger partial charge in [0.05, 0.1) is 7.11 Å². The molecule has 2 nitrogen and oxygen atoms in total. The fraction of sp³-hybridized carbons (Fsp3) is 0.200. The van der Waals surface area contributed by atoms with Gasteiger partial charge in [0.1, 0.15) is 5.75 Å². The molecule has 2 rings (SSSR count). The summed E-state index contributed by atoms with van der Waals surface area (Å²) >= 11 is 0. The van der Waals surface area contributed by atoms with Crippen molar-refractivity contribution < 1.29 is 4.74 Å². The second-order valence-corrected chi connectivity index (χ2v) is 4.25. The minimum absolute atomic E-state index is 0.831. The van der Waals surface area contributed by atoms with Crippen LogP contribution >= 0.6 is 0 Å². The van der Waals surface area contributed by atoms with Gasteiger partial charge in [0.2, 0.25) is 0 Å². The summed E-state index contributed by atoms with van der Waals surface area (Å²) in [4.78, 5) is 0. The summed E-state index contributed by atoms with van der Waals surface area (Å²) < 4.78 is 5.20. The number of methoxy groups -OCH3 is 1. The summed E-state index contributed by atoms with van der Waals surface area (Å²) in [7, 11) is 1.68. The molecule has 0 fully saturated rings. The standard InChI is InChI=1S/C15H17NO/c1-10-4-5-12(9-15(10)16)14-7-6-13(17-3)8-11(14)2/h4-9H,16H2,1-3H3. The van der Waals surface area contributed by atoms with Crippen LogP contribution in [0.3, 0.4) is 0 Å². The molecule has 17 heavy (non-hydrogen) atoms. The molecule has 0 radical (unpaired) electrons. The van der Waals surface area contributed by atoms with E-state index in [1.807, 2.05) is 31.2 Å². The smallest absolute Gasteiger partial charge is 0.119 e. The van der Waals surface area contributed by atoms with E-state index in [1.165, 1.54) is 11.1 Å². The lowest BCUT2D eigenvalue weighted by atomic mass is 9.98. The Kier molecular flexibility index (Phi) is 3.05. The summed E-state index contributed by atoms with van der Waals surface area (Å²) in [6.45, 7) is 4.09. The summed E-state index contributed by atoms with van der Waals surface area (Å²) in [5.41, 5.74) is 11.4. The van der Waals surface area contributed by atoms with Crippen LogP contribution < -0.4 is 10.5 Å². The fourth-order valence-electron chi connectivity index (χ4n) is 1.90. The summed E-state index contributed by atoms with van der Waals surface area (Å²) in [5, 5.41) is 0. The van der Waals surface area contributed by atoms with Gasteiger partial charge in [-0.25, -0.2) is 0 Å². The number of hydrogen-bond acceptors (Lipinski definition) is 2. The molecule has 0 aliphatic heterocycles. The number of ether oxygens (including phenoxy) is 1. The van der Waals surface area contributed by atoms with Gasteiger partial charge in [-0.05, 0) is 54.3 Å². The number of aryl methyl sites for hydroxylation is 2. The van der Waals surface area contributed by atoms with Crippen molar-refractivity contribution in [2.45, 2.75) is 13.8 Å². The Morgan fingerprint density at radius 1 is 0.941 bits per heavy atom. The SMILES string of the molecule is COc1ccc(-c2ccc(C)c(N)c2)c(C)c1. The zero-order valence-corrected chi connectivity index (χ0v) is 10.4. The highest BCUT2D eigenvalue weighted by molar-refractivity contribution is 5.72. The predicted molar refractivity (Wildman–Crippen MR) is 72.3 cm³/mol. The third-order valence-electron chi connectivity index (χ3n) is 3.02. The average molecular weight is 227 g/mol. The van der Waals surface area contributed by atoms with Gasteiger partial charge >= 0.3 is 0 Å². The van der Waals surface area contributed by atoms with Gasteiger partial charge in [-0.3, -0.25) is 0 Å².